The fourth-order valence-electron chi connectivity index (χ4n) is 1.69. The van der Waals surface area contributed by atoms with Crippen LogP contribution in [0, 0.1) is 0 Å². The molecular formula is C11H21N3O4. The first-order valence-corrected chi connectivity index (χ1v) is 6.19. The summed E-state index contributed by atoms with van der Waals surface area (Å²) in [6.07, 6.45) is 1.10. The Hall–Kier alpha value is -1.18. The molecule has 0 aliphatic carbocycles. The van der Waals surface area contributed by atoms with Crippen LogP contribution in [0.4, 0.5) is 0 Å². The van der Waals surface area contributed by atoms with Gasteiger partial charge in [-0.15, -0.1) is 0 Å². The molecule has 0 aromatic heterocycles. The Labute approximate surface area is 106 Å². The van der Waals surface area contributed by atoms with Gasteiger partial charge < -0.3 is 20.8 Å². The van der Waals surface area contributed by atoms with E-state index >= 15 is 0 Å². The standard InChI is InChI=1S/C11H21N3O4/c15-6-3-12-10(17)2-1-5-14-8-9(14)11(18)13-4-7-16/h9,15-16H,1-8H2,(H,12,17)(H,13,18)/t9-,14?/m1/s1. The van der Waals surface area contributed by atoms with Gasteiger partial charge in [0.05, 0.1) is 13.2 Å². The summed E-state index contributed by atoms with van der Waals surface area (Å²) < 4.78 is 0. The number of aliphatic hydroxyl groups is 2. The number of carbonyl (C=O) groups is 2. The maximum atomic E-state index is 11.4. The van der Waals surface area contributed by atoms with Crippen molar-refractivity contribution in [3.8, 4) is 0 Å². The van der Waals surface area contributed by atoms with E-state index in [0.717, 1.165) is 6.54 Å². The smallest absolute Gasteiger partial charge is 0.238 e. The molecule has 1 heterocycles. The molecule has 18 heavy (non-hydrogen) atoms. The Bertz CT molecular complexity index is 285. The van der Waals surface area contributed by atoms with Crippen LogP contribution in [0.15, 0.2) is 0 Å². The lowest BCUT2D eigenvalue weighted by atomic mass is 10.3. The van der Waals surface area contributed by atoms with Gasteiger partial charge in [0.2, 0.25) is 11.8 Å². The maximum absolute atomic E-state index is 11.4. The number of aliphatic hydroxyl groups excluding tert-OH is 2. The number of hydrogen-bond acceptors (Lipinski definition) is 5. The maximum Gasteiger partial charge on any atom is 0.238 e. The van der Waals surface area contributed by atoms with Gasteiger partial charge in [-0.3, -0.25) is 14.5 Å². The highest BCUT2D eigenvalue weighted by Crippen LogP contribution is 2.17. The molecule has 0 aromatic carbocycles. The Balaban J connectivity index is 2.02. The van der Waals surface area contributed by atoms with Crippen LogP contribution in [0.2, 0.25) is 0 Å². The molecule has 7 nitrogen and oxygen atoms in total. The van der Waals surface area contributed by atoms with Gasteiger partial charge in [0.15, 0.2) is 0 Å². The van der Waals surface area contributed by atoms with Crippen molar-refractivity contribution in [2.45, 2.75) is 18.9 Å². The fraction of sp³-hybridized carbons (Fsp3) is 0.818. The van der Waals surface area contributed by atoms with Crippen molar-refractivity contribution >= 4 is 11.8 Å². The van der Waals surface area contributed by atoms with E-state index in [-0.39, 0.29) is 44.2 Å². The number of nitrogens with zero attached hydrogens (tertiary/aromatic N) is 1. The molecule has 1 aliphatic heterocycles. The third-order valence-corrected chi connectivity index (χ3v) is 2.71. The highest BCUT2D eigenvalue weighted by Gasteiger charge is 2.39. The number of carbonyl (C=O) groups excluding carboxylic acids is 2. The average molecular weight is 259 g/mol. The lowest BCUT2D eigenvalue weighted by molar-refractivity contribution is -0.121. The molecule has 1 fully saturated rings. The Morgan fingerprint density at radius 2 is 1.83 bits per heavy atom. The van der Waals surface area contributed by atoms with Crippen LogP contribution in [0.5, 0.6) is 0 Å². The van der Waals surface area contributed by atoms with Crippen molar-refractivity contribution in [3.05, 3.63) is 0 Å². The molecule has 0 aromatic rings. The predicted octanol–water partition coefficient (Wildman–Crippen LogP) is -2.33. The molecule has 0 bridgehead atoms. The van der Waals surface area contributed by atoms with E-state index in [0.29, 0.717) is 19.4 Å². The lowest BCUT2D eigenvalue weighted by Gasteiger charge is -2.05. The van der Waals surface area contributed by atoms with E-state index in [4.69, 9.17) is 10.2 Å². The third kappa shape index (κ3) is 5.44. The van der Waals surface area contributed by atoms with Crippen LogP contribution in [0.1, 0.15) is 12.8 Å². The summed E-state index contributed by atoms with van der Waals surface area (Å²) in [5.41, 5.74) is 0. The minimum Gasteiger partial charge on any atom is -0.395 e. The molecule has 104 valence electrons. The summed E-state index contributed by atoms with van der Waals surface area (Å²) >= 11 is 0. The largest absolute Gasteiger partial charge is 0.395 e. The summed E-state index contributed by atoms with van der Waals surface area (Å²) in [6.45, 7) is 1.90. The number of hydrogen-bond donors (Lipinski definition) is 4. The van der Waals surface area contributed by atoms with Crippen LogP contribution in [-0.2, 0) is 9.59 Å². The molecule has 0 saturated carbocycles. The van der Waals surface area contributed by atoms with Gasteiger partial charge in [0, 0.05) is 26.1 Å². The first-order valence-electron chi connectivity index (χ1n) is 6.19. The van der Waals surface area contributed by atoms with E-state index in [1.165, 1.54) is 0 Å². The monoisotopic (exact) mass is 259 g/mol. The molecule has 2 amide bonds. The van der Waals surface area contributed by atoms with Crippen molar-refractivity contribution < 1.29 is 19.8 Å². The molecule has 1 rings (SSSR count). The molecule has 4 N–H and O–H groups in total. The summed E-state index contributed by atoms with van der Waals surface area (Å²) in [7, 11) is 0. The summed E-state index contributed by atoms with van der Waals surface area (Å²) in [5, 5.41) is 22.3. The van der Waals surface area contributed by atoms with Gasteiger partial charge in [-0.2, -0.15) is 0 Å². The molecule has 1 saturated heterocycles. The molecule has 7 heteroatoms. The molecule has 1 unspecified atom stereocenters. The Morgan fingerprint density at radius 1 is 1.17 bits per heavy atom. The molecule has 0 radical (unpaired) electrons. The van der Waals surface area contributed by atoms with Crippen molar-refractivity contribution in [1.82, 2.24) is 15.5 Å². The van der Waals surface area contributed by atoms with Crippen molar-refractivity contribution in [3.63, 3.8) is 0 Å². The quantitative estimate of drug-likeness (QED) is 0.348. The third-order valence-electron chi connectivity index (χ3n) is 2.71. The van der Waals surface area contributed by atoms with E-state index in [1.807, 2.05) is 4.90 Å². The molecule has 2 atom stereocenters. The van der Waals surface area contributed by atoms with Gasteiger partial charge >= 0.3 is 0 Å². The first-order chi connectivity index (χ1) is 8.69. The highest BCUT2D eigenvalue weighted by atomic mass is 16.3. The predicted molar refractivity (Wildman–Crippen MR) is 64.8 cm³/mol. The highest BCUT2D eigenvalue weighted by molar-refractivity contribution is 5.84. The van der Waals surface area contributed by atoms with E-state index in [2.05, 4.69) is 10.6 Å². The second-order valence-electron chi connectivity index (χ2n) is 4.20. The van der Waals surface area contributed by atoms with E-state index < -0.39 is 0 Å². The number of rotatable bonds is 9. The fourth-order valence-corrected chi connectivity index (χ4v) is 1.69. The van der Waals surface area contributed by atoms with Crippen molar-refractivity contribution in [1.29, 1.82) is 0 Å². The minimum atomic E-state index is -0.1000. The van der Waals surface area contributed by atoms with Gasteiger partial charge in [-0.05, 0) is 13.0 Å². The first kappa shape index (κ1) is 14.9. The SMILES string of the molecule is O=C(CCCN1C[C@@H]1C(=O)NCCO)NCCO. The second kappa shape index (κ2) is 8.02. The van der Waals surface area contributed by atoms with Gasteiger partial charge in [0.1, 0.15) is 6.04 Å². The summed E-state index contributed by atoms with van der Waals surface area (Å²) in [5.74, 6) is -0.138. The van der Waals surface area contributed by atoms with Crippen molar-refractivity contribution in [2.24, 2.45) is 0 Å². The van der Waals surface area contributed by atoms with Crippen LogP contribution < -0.4 is 10.6 Å². The Morgan fingerprint density at radius 3 is 2.50 bits per heavy atom. The van der Waals surface area contributed by atoms with E-state index in [9.17, 15) is 9.59 Å². The zero-order valence-corrected chi connectivity index (χ0v) is 10.4. The summed E-state index contributed by atoms with van der Waals surface area (Å²) in [6, 6.07) is -0.1000. The van der Waals surface area contributed by atoms with Gasteiger partial charge in [0.25, 0.3) is 0 Å². The number of amides is 2. The molecule has 0 spiro atoms. The zero-order valence-electron chi connectivity index (χ0n) is 10.4. The summed E-state index contributed by atoms with van der Waals surface area (Å²) in [4.78, 5) is 24.6. The van der Waals surface area contributed by atoms with Crippen LogP contribution in [-0.4, -0.2) is 72.4 Å². The van der Waals surface area contributed by atoms with Gasteiger partial charge in [-0.25, -0.2) is 0 Å². The van der Waals surface area contributed by atoms with Crippen molar-refractivity contribution in [2.75, 3.05) is 39.4 Å². The normalized spacial score (nSPS) is 21.4. The van der Waals surface area contributed by atoms with E-state index in [1.54, 1.807) is 0 Å². The number of nitrogens with one attached hydrogen (secondary N) is 2. The Kier molecular flexibility index (Phi) is 6.63. The van der Waals surface area contributed by atoms with Crippen LogP contribution >= 0.6 is 0 Å². The van der Waals surface area contributed by atoms with Crippen LogP contribution in [0.3, 0.4) is 0 Å². The zero-order chi connectivity index (χ0) is 13.4. The molecular weight excluding hydrogens is 238 g/mol. The topological polar surface area (TPSA) is 102 Å². The second-order valence-corrected chi connectivity index (χ2v) is 4.20. The minimum absolute atomic E-state index is 0.0506. The van der Waals surface area contributed by atoms with Crippen LogP contribution in [0.25, 0.3) is 0 Å². The average Bonchev–Trinajstić information content (AvgIpc) is 3.13. The van der Waals surface area contributed by atoms with Gasteiger partial charge in [-0.1, -0.05) is 0 Å². The molecule has 1 aliphatic rings. The lowest BCUT2D eigenvalue weighted by Crippen LogP contribution is -2.32.